The van der Waals surface area contributed by atoms with Gasteiger partial charge in [0.25, 0.3) is 5.19 Å². The van der Waals surface area contributed by atoms with E-state index in [0.29, 0.717) is 5.19 Å². The molecule has 0 saturated heterocycles. The lowest BCUT2D eigenvalue weighted by Crippen LogP contribution is -2.15. The summed E-state index contributed by atoms with van der Waals surface area (Å²) in [4.78, 5) is 0. The van der Waals surface area contributed by atoms with Gasteiger partial charge >= 0.3 is 0 Å². The fourth-order valence-corrected chi connectivity index (χ4v) is 3.25. The number of aryl methyl sites for hydroxylation is 1. The largest absolute Gasteiger partial charge is 0.461 e. The Balaban J connectivity index is 1.71. The summed E-state index contributed by atoms with van der Waals surface area (Å²) in [7, 11) is 0. The van der Waals surface area contributed by atoms with E-state index in [1.54, 1.807) is 0 Å². The molecule has 3 rings (SSSR count). The number of benzene rings is 1. The van der Waals surface area contributed by atoms with Crippen molar-refractivity contribution in [3.05, 3.63) is 40.4 Å². The van der Waals surface area contributed by atoms with Gasteiger partial charge in [0.2, 0.25) is 0 Å². The van der Waals surface area contributed by atoms with Crippen LogP contribution in [-0.2, 0) is 13.0 Å². The molecule has 0 amide bonds. The third-order valence-corrected chi connectivity index (χ3v) is 4.35. The molecular weight excluding hydrogens is 270 g/mol. The number of hydrogen-bond acceptors (Lipinski definition) is 5. The Morgan fingerprint density at radius 3 is 3.15 bits per heavy atom. The van der Waals surface area contributed by atoms with Crippen molar-refractivity contribution in [3.8, 4) is 5.19 Å². The minimum atomic E-state index is 0.125. The molecule has 1 aromatic heterocycles. The zero-order chi connectivity index (χ0) is 13.8. The average Bonchev–Trinajstić information content (AvgIpc) is 2.93. The average molecular weight is 289 g/mol. The summed E-state index contributed by atoms with van der Waals surface area (Å²) in [5.74, 6) is 0. The molecule has 2 aromatic rings. The summed E-state index contributed by atoms with van der Waals surface area (Å²) in [6, 6.07) is 8.54. The van der Waals surface area contributed by atoms with Crippen molar-refractivity contribution in [2.45, 2.75) is 38.8 Å². The summed E-state index contributed by atoms with van der Waals surface area (Å²) < 4.78 is 6.06. The maximum Gasteiger partial charge on any atom is 0.294 e. The smallest absolute Gasteiger partial charge is 0.294 e. The van der Waals surface area contributed by atoms with Gasteiger partial charge in [0.1, 0.15) is 11.1 Å². The Morgan fingerprint density at radius 2 is 2.25 bits per heavy atom. The van der Waals surface area contributed by atoms with E-state index in [9.17, 15) is 0 Å². The molecule has 5 heteroatoms. The monoisotopic (exact) mass is 289 g/mol. The fraction of sp³-hybridized carbons (Fsp3) is 0.467. The number of fused-ring (bicyclic) bond motifs is 1. The first-order chi connectivity index (χ1) is 9.86. The molecule has 1 aliphatic rings. The Labute approximate surface area is 123 Å². The normalized spacial score (nSPS) is 17.8. The van der Waals surface area contributed by atoms with E-state index in [-0.39, 0.29) is 6.10 Å². The Hall–Kier alpha value is -1.46. The van der Waals surface area contributed by atoms with Gasteiger partial charge in [-0.2, -0.15) is 0 Å². The van der Waals surface area contributed by atoms with Crippen molar-refractivity contribution in [2.24, 2.45) is 0 Å². The lowest BCUT2D eigenvalue weighted by molar-refractivity contribution is 0.181. The van der Waals surface area contributed by atoms with E-state index < -0.39 is 0 Å². The molecule has 1 aromatic carbocycles. The SMILES string of the molecule is CCNCc1nnc(OC2CCCc3ccccc32)s1. The summed E-state index contributed by atoms with van der Waals surface area (Å²) in [6.45, 7) is 3.78. The molecule has 20 heavy (non-hydrogen) atoms. The first-order valence-electron chi connectivity index (χ1n) is 7.14. The molecule has 0 bridgehead atoms. The van der Waals surface area contributed by atoms with Gasteiger partial charge in [-0.05, 0) is 36.9 Å². The summed E-state index contributed by atoms with van der Waals surface area (Å²) >= 11 is 1.53. The van der Waals surface area contributed by atoms with Crippen LogP contribution in [0, 0.1) is 0 Å². The number of nitrogens with zero attached hydrogens (tertiary/aromatic N) is 2. The quantitative estimate of drug-likeness (QED) is 0.919. The topological polar surface area (TPSA) is 47.0 Å². The van der Waals surface area contributed by atoms with Gasteiger partial charge in [-0.15, -0.1) is 5.10 Å². The second-order valence-electron chi connectivity index (χ2n) is 4.94. The van der Waals surface area contributed by atoms with Crippen molar-refractivity contribution in [1.29, 1.82) is 0 Å². The highest BCUT2D eigenvalue weighted by Gasteiger charge is 2.22. The lowest BCUT2D eigenvalue weighted by Gasteiger charge is -2.24. The van der Waals surface area contributed by atoms with E-state index >= 15 is 0 Å². The van der Waals surface area contributed by atoms with Crippen LogP contribution in [0.4, 0.5) is 0 Å². The van der Waals surface area contributed by atoms with E-state index in [4.69, 9.17) is 4.74 Å². The Kier molecular flexibility index (Phi) is 4.28. The molecular formula is C15H19N3OS. The van der Waals surface area contributed by atoms with E-state index in [2.05, 4.69) is 46.7 Å². The van der Waals surface area contributed by atoms with Crippen LogP contribution < -0.4 is 10.1 Å². The highest BCUT2D eigenvalue weighted by atomic mass is 32.1. The molecule has 106 valence electrons. The van der Waals surface area contributed by atoms with Gasteiger partial charge in [0, 0.05) is 6.54 Å². The second-order valence-corrected chi connectivity index (χ2v) is 5.96. The van der Waals surface area contributed by atoms with Gasteiger partial charge < -0.3 is 10.1 Å². The van der Waals surface area contributed by atoms with Crippen molar-refractivity contribution in [2.75, 3.05) is 6.54 Å². The highest BCUT2D eigenvalue weighted by molar-refractivity contribution is 7.13. The minimum Gasteiger partial charge on any atom is -0.461 e. The zero-order valence-corrected chi connectivity index (χ0v) is 12.4. The molecule has 1 heterocycles. The number of hydrogen-bond donors (Lipinski definition) is 1. The predicted molar refractivity (Wildman–Crippen MR) is 80.0 cm³/mol. The van der Waals surface area contributed by atoms with Crippen LogP contribution in [0.2, 0.25) is 0 Å². The molecule has 0 saturated carbocycles. The first-order valence-corrected chi connectivity index (χ1v) is 7.96. The third kappa shape index (κ3) is 2.99. The predicted octanol–water partition coefficient (Wildman–Crippen LogP) is 3.10. The van der Waals surface area contributed by atoms with Crippen LogP contribution >= 0.6 is 11.3 Å². The molecule has 0 aliphatic heterocycles. The zero-order valence-electron chi connectivity index (χ0n) is 11.6. The number of aromatic nitrogens is 2. The number of nitrogens with one attached hydrogen (secondary N) is 1. The van der Waals surface area contributed by atoms with Crippen molar-refractivity contribution >= 4 is 11.3 Å². The van der Waals surface area contributed by atoms with Gasteiger partial charge in [-0.1, -0.05) is 47.6 Å². The van der Waals surface area contributed by atoms with Crippen LogP contribution in [0.5, 0.6) is 5.19 Å². The summed E-state index contributed by atoms with van der Waals surface area (Å²) in [5.41, 5.74) is 2.71. The molecule has 1 N–H and O–H groups in total. The van der Waals surface area contributed by atoms with Gasteiger partial charge in [0.05, 0.1) is 0 Å². The van der Waals surface area contributed by atoms with Crippen LogP contribution in [-0.4, -0.2) is 16.7 Å². The lowest BCUT2D eigenvalue weighted by atomic mass is 9.89. The van der Waals surface area contributed by atoms with Crippen molar-refractivity contribution < 1.29 is 4.74 Å². The fourth-order valence-electron chi connectivity index (χ4n) is 2.54. The molecule has 0 fully saturated rings. The number of ether oxygens (including phenoxy) is 1. The minimum absolute atomic E-state index is 0.125. The molecule has 1 unspecified atom stereocenters. The summed E-state index contributed by atoms with van der Waals surface area (Å²) in [5, 5.41) is 13.2. The van der Waals surface area contributed by atoms with Crippen molar-refractivity contribution in [3.63, 3.8) is 0 Å². The standard InChI is InChI=1S/C15H19N3OS/c1-2-16-10-14-17-18-15(20-14)19-13-9-5-7-11-6-3-4-8-12(11)13/h3-4,6,8,13,16H,2,5,7,9-10H2,1H3. The molecule has 4 nitrogen and oxygen atoms in total. The summed E-state index contributed by atoms with van der Waals surface area (Å²) in [6.07, 6.45) is 3.50. The maximum atomic E-state index is 6.06. The van der Waals surface area contributed by atoms with Crippen molar-refractivity contribution in [1.82, 2.24) is 15.5 Å². The van der Waals surface area contributed by atoms with Crippen LogP contribution in [0.3, 0.4) is 0 Å². The first kappa shape index (κ1) is 13.5. The second kappa shape index (κ2) is 6.33. The van der Waals surface area contributed by atoms with Crippen LogP contribution in [0.15, 0.2) is 24.3 Å². The van der Waals surface area contributed by atoms with Crippen LogP contribution in [0.25, 0.3) is 0 Å². The molecule has 0 spiro atoms. The third-order valence-electron chi connectivity index (χ3n) is 3.53. The molecule has 0 radical (unpaired) electrons. The van der Waals surface area contributed by atoms with E-state index in [0.717, 1.165) is 30.9 Å². The van der Waals surface area contributed by atoms with Gasteiger partial charge in [-0.3, -0.25) is 0 Å². The van der Waals surface area contributed by atoms with E-state index in [1.165, 1.54) is 28.9 Å². The van der Waals surface area contributed by atoms with E-state index in [1.807, 2.05) is 0 Å². The molecule has 1 atom stereocenters. The van der Waals surface area contributed by atoms with Gasteiger partial charge in [-0.25, -0.2) is 0 Å². The Bertz CT molecular complexity index is 570. The maximum absolute atomic E-state index is 6.06. The number of rotatable bonds is 5. The Morgan fingerprint density at radius 1 is 1.35 bits per heavy atom. The highest BCUT2D eigenvalue weighted by Crippen LogP contribution is 2.34. The van der Waals surface area contributed by atoms with Crippen LogP contribution in [0.1, 0.15) is 42.0 Å². The molecule has 1 aliphatic carbocycles. The van der Waals surface area contributed by atoms with Gasteiger partial charge in [0.15, 0.2) is 0 Å².